The average molecular weight is 511 g/mol. The van der Waals surface area contributed by atoms with Gasteiger partial charge in [-0.3, -0.25) is 9.10 Å². The molecule has 1 heterocycles. The molecule has 1 aliphatic heterocycles. The molecule has 4 rings (SSSR count). The molecule has 3 aromatic rings. The van der Waals surface area contributed by atoms with Gasteiger partial charge < -0.3 is 19.5 Å². The van der Waals surface area contributed by atoms with Gasteiger partial charge in [-0.15, -0.1) is 0 Å². The van der Waals surface area contributed by atoms with Crippen molar-refractivity contribution in [3.05, 3.63) is 77.4 Å². The number of fused-ring (bicyclic) bond motifs is 1. The fourth-order valence-corrected chi connectivity index (χ4v) is 5.55. The molecule has 0 bridgehead atoms. The average Bonchev–Trinajstić information content (AvgIpc) is 2.85. The van der Waals surface area contributed by atoms with Gasteiger partial charge in [-0.25, -0.2) is 8.42 Å². The molecule has 1 amide bonds. The second-order valence-electron chi connectivity index (χ2n) is 8.75. The van der Waals surface area contributed by atoms with Crippen molar-refractivity contribution in [2.45, 2.75) is 31.8 Å². The summed E-state index contributed by atoms with van der Waals surface area (Å²) in [6.45, 7) is 6.22. The molecule has 9 heteroatoms. The van der Waals surface area contributed by atoms with Crippen LogP contribution in [-0.4, -0.2) is 47.2 Å². The van der Waals surface area contributed by atoms with Crippen LogP contribution in [0, 0.1) is 20.8 Å². The number of nitrogens with one attached hydrogen (secondary N) is 1. The lowest BCUT2D eigenvalue weighted by Crippen LogP contribution is -2.51. The Morgan fingerprint density at radius 3 is 2.33 bits per heavy atom. The quantitative estimate of drug-likeness (QED) is 0.464. The van der Waals surface area contributed by atoms with E-state index in [1.165, 1.54) is 23.5 Å². The zero-order chi connectivity index (χ0) is 25.9. The Morgan fingerprint density at radius 2 is 1.67 bits per heavy atom. The molecule has 0 spiro atoms. The first-order chi connectivity index (χ1) is 17.2. The molecule has 0 saturated carbocycles. The third-order valence-corrected chi connectivity index (χ3v) is 7.58. The lowest BCUT2D eigenvalue weighted by molar-refractivity contribution is -0.127. The van der Waals surface area contributed by atoms with Crippen molar-refractivity contribution in [3.8, 4) is 17.2 Å². The molecule has 3 aromatic carbocycles. The van der Waals surface area contributed by atoms with Crippen LogP contribution < -0.4 is 23.8 Å². The zero-order valence-corrected chi connectivity index (χ0v) is 21.6. The molecule has 0 aliphatic carbocycles. The topological polar surface area (TPSA) is 94.2 Å². The SMILES string of the molecule is COc1ccc(S(=O)(=O)N2C[C@@H](C(=O)NCCOc3cc(C)cc(C)c3)Oc3cc(C)ccc32)cc1. The van der Waals surface area contributed by atoms with Gasteiger partial charge in [0.15, 0.2) is 6.10 Å². The molecule has 0 radical (unpaired) electrons. The highest BCUT2D eigenvalue weighted by molar-refractivity contribution is 7.92. The summed E-state index contributed by atoms with van der Waals surface area (Å²) in [4.78, 5) is 13.1. The van der Waals surface area contributed by atoms with E-state index in [1.54, 1.807) is 24.3 Å². The summed E-state index contributed by atoms with van der Waals surface area (Å²) in [7, 11) is -2.44. The van der Waals surface area contributed by atoms with Gasteiger partial charge in [0.2, 0.25) is 0 Å². The fourth-order valence-electron chi connectivity index (χ4n) is 4.07. The first-order valence-corrected chi connectivity index (χ1v) is 13.0. The highest BCUT2D eigenvalue weighted by atomic mass is 32.2. The molecule has 1 atom stereocenters. The highest BCUT2D eigenvalue weighted by Gasteiger charge is 2.37. The number of hydrogen-bond donors (Lipinski definition) is 1. The van der Waals surface area contributed by atoms with Gasteiger partial charge in [0.1, 0.15) is 23.9 Å². The van der Waals surface area contributed by atoms with Crippen molar-refractivity contribution in [2.75, 3.05) is 31.1 Å². The van der Waals surface area contributed by atoms with Gasteiger partial charge in [0, 0.05) is 0 Å². The molecular formula is C27H30N2O6S. The molecule has 36 heavy (non-hydrogen) atoms. The molecule has 8 nitrogen and oxygen atoms in total. The number of ether oxygens (including phenoxy) is 3. The van der Waals surface area contributed by atoms with E-state index in [4.69, 9.17) is 14.2 Å². The summed E-state index contributed by atoms with van der Waals surface area (Å²) >= 11 is 0. The maximum Gasteiger partial charge on any atom is 0.264 e. The number of sulfonamides is 1. The second kappa shape index (κ2) is 10.5. The second-order valence-corrected chi connectivity index (χ2v) is 10.6. The Labute approximate surface area is 211 Å². The van der Waals surface area contributed by atoms with E-state index >= 15 is 0 Å². The molecule has 1 N–H and O–H groups in total. The number of methoxy groups -OCH3 is 1. The predicted molar refractivity (Wildman–Crippen MR) is 138 cm³/mol. The van der Waals surface area contributed by atoms with Crippen LogP contribution in [0.4, 0.5) is 5.69 Å². The van der Waals surface area contributed by atoms with Crippen LogP contribution in [0.2, 0.25) is 0 Å². The first kappa shape index (κ1) is 25.4. The number of amides is 1. The van der Waals surface area contributed by atoms with Crippen LogP contribution >= 0.6 is 0 Å². The lowest BCUT2D eigenvalue weighted by atomic mass is 10.1. The van der Waals surface area contributed by atoms with Crippen molar-refractivity contribution in [3.63, 3.8) is 0 Å². The number of hydrogen-bond acceptors (Lipinski definition) is 6. The first-order valence-electron chi connectivity index (χ1n) is 11.6. The third kappa shape index (κ3) is 5.57. The van der Waals surface area contributed by atoms with Crippen LogP contribution in [0.3, 0.4) is 0 Å². The van der Waals surface area contributed by atoms with E-state index in [-0.39, 0.29) is 24.6 Å². The van der Waals surface area contributed by atoms with Crippen molar-refractivity contribution < 1.29 is 27.4 Å². The van der Waals surface area contributed by atoms with Crippen LogP contribution in [0.1, 0.15) is 16.7 Å². The van der Waals surface area contributed by atoms with Crippen molar-refractivity contribution >= 4 is 21.6 Å². The normalized spacial score (nSPS) is 15.0. The van der Waals surface area contributed by atoms with Gasteiger partial charge in [-0.1, -0.05) is 12.1 Å². The van der Waals surface area contributed by atoms with Gasteiger partial charge in [-0.2, -0.15) is 0 Å². The molecule has 0 saturated heterocycles. The Kier molecular flexibility index (Phi) is 7.40. The monoisotopic (exact) mass is 510 g/mol. The van der Waals surface area contributed by atoms with Crippen molar-refractivity contribution in [1.82, 2.24) is 5.32 Å². The number of rotatable bonds is 8. The lowest BCUT2D eigenvalue weighted by Gasteiger charge is -2.35. The van der Waals surface area contributed by atoms with E-state index in [9.17, 15) is 13.2 Å². The number of nitrogens with zero attached hydrogens (tertiary/aromatic N) is 1. The largest absolute Gasteiger partial charge is 0.497 e. The van der Waals surface area contributed by atoms with E-state index < -0.39 is 22.0 Å². The Balaban J connectivity index is 1.49. The zero-order valence-electron chi connectivity index (χ0n) is 20.8. The van der Waals surface area contributed by atoms with Gasteiger partial charge in [0.25, 0.3) is 15.9 Å². The Morgan fingerprint density at radius 1 is 0.972 bits per heavy atom. The minimum Gasteiger partial charge on any atom is -0.497 e. The Bertz CT molecular complexity index is 1330. The van der Waals surface area contributed by atoms with E-state index in [1.807, 2.05) is 39.0 Å². The third-order valence-electron chi connectivity index (χ3n) is 5.79. The van der Waals surface area contributed by atoms with Crippen LogP contribution in [0.15, 0.2) is 65.6 Å². The van der Waals surface area contributed by atoms with Crippen LogP contribution in [0.25, 0.3) is 0 Å². The summed E-state index contributed by atoms with van der Waals surface area (Å²) in [5.74, 6) is 1.20. The highest BCUT2D eigenvalue weighted by Crippen LogP contribution is 2.38. The van der Waals surface area contributed by atoms with Crippen molar-refractivity contribution in [1.29, 1.82) is 0 Å². The van der Waals surface area contributed by atoms with Gasteiger partial charge in [-0.05, 0) is 86.0 Å². The maximum atomic E-state index is 13.6. The summed E-state index contributed by atoms with van der Waals surface area (Å²) in [6.07, 6.45) is -1.02. The molecule has 190 valence electrons. The Hall–Kier alpha value is -3.72. The molecule has 0 unspecified atom stereocenters. The predicted octanol–water partition coefficient (Wildman–Crippen LogP) is 3.77. The number of carbonyl (C=O) groups excluding carboxylic acids is 1. The molecule has 0 aromatic heterocycles. The molecule has 0 fully saturated rings. The molecular weight excluding hydrogens is 480 g/mol. The standard InChI is InChI=1S/C27H30N2O6S/c1-18-5-10-24-25(16-18)35-26(17-29(24)36(31,32)23-8-6-21(33-4)7-9-23)27(30)28-11-12-34-22-14-19(2)13-20(3)15-22/h5-10,13-16,26H,11-12,17H2,1-4H3,(H,28,30)/t26-/m0/s1. The summed E-state index contributed by atoms with van der Waals surface area (Å²) in [5.41, 5.74) is 3.46. The van der Waals surface area contributed by atoms with Crippen LogP contribution in [0.5, 0.6) is 17.2 Å². The molecule has 1 aliphatic rings. The maximum absolute atomic E-state index is 13.6. The van der Waals surface area contributed by atoms with E-state index in [0.29, 0.717) is 17.2 Å². The van der Waals surface area contributed by atoms with Gasteiger partial charge >= 0.3 is 0 Å². The minimum atomic E-state index is -3.96. The number of benzene rings is 3. The minimum absolute atomic E-state index is 0.0951. The van der Waals surface area contributed by atoms with Gasteiger partial charge in [0.05, 0.1) is 30.8 Å². The van der Waals surface area contributed by atoms with E-state index in [2.05, 4.69) is 11.4 Å². The summed E-state index contributed by atoms with van der Waals surface area (Å²) in [6, 6.07) is 17.3. The van der Waals surface area contributed by atoms with E-state index in [0.717, 1.165) is 22.4 Å². The number of aryl methyl sites for hydroxylation is 3. The van der Waals surface area contributed by atoms with Crippen LogP contribution in [-0.2, 0) is 14.8 Å². The number of carbonyl (C=O) groups is 1. The smallest absolute Gasteiger partial charge is 0.264 e. The number of anilines is 1. The summed E-state index contributed by atoms with van der Waals surface area (Å²) in [5, 5.41) is 2.80. The van der Waals surface area contributed by atoms with Crippen molar-refractivity contribution in [2.24, 2.45) is 0 Å². The fraction of sp³-hybridized carbons (Fsp3) is 0.296. The summed E-state index contributed by atoms with van der Waals surface area (Å²) < 4.78 is 45.2.